The number of urea groups is 1. The van der Waals surface area contributed by atoms with E-state index < -0.39 is 23.6 Å². The molecule has 2 aromatic heterocycles. The molecular weight excluding hydrogens is 388 g/mol. The maximum absolute atomic E-state index is 13.7. The minimum absolute atomic E-state index is 0.0208. The van der Waals surface area contributed by atoms with E-state index in [1.165, 1.54) is 29.3 Å². The lowest BCUT2D eigenvalue weighted by Crippen LogP contribution is -2.34. The van der Waals surface area contributed by atoms with Crippen LogP contribution in [0.4, 0.5) is 33.9 Å². The molecule has 1 N–H and O–H groups in total. The lowest BCUT2D eigenvalue weighted by Gasteiger charge is -2.18. The third-order valence-corrected chi connectivity index (χ3v) is 4.56. The Morgan fingerprint density at radius 3 is 2.72 bits per heavy atom. The molecular formula is C20H14F4N4O. The van der Waals surface area contributed by atoms with E-state index in [9.17, 15) is 22.4 Å². The fraction of sp³-hybridized carbons (Fsp3) is 0.150. The Kier molecular flexibility index (Phi) is 4.65. The van der Waals surface area contributed by atoms with Crippen molar-refractivity contribution in [2.75, 3.05) is 16.8 Å². The quantitative estimate of drug-likeness (QED) is 0.621. The lowest BCUT2D eigenvalue weighted by molar-refractivity contribution is -0.137. The summed E-state index contributed by atoms with van der Waals surface area (Å²) >= 11 is 0. The zero-order valence-electron chi connectivity index (χ0n) is 14.9. The molecule has 1 aliphatic heterocycles. The number of anilines is 2. The van der Waals surface area contributed by atoms with Gasteiger partial charge in [-0.1, -0.05) is 18.2 Å². The smallest absolute Gasteiger partial charge is 0.305 e. The molecule has 1 aromatic carbocycles. The normalized spacial score (nSPS) is 13.3. The van der Waals surface area contributed by atoms with Crippen LogP contribution in [-0.4, -0.2) is 22.5 Å². The minimum Gasteiger partial charge on any atom is -0.305 e. The molecule has 2 amide bonds. The number of alkyl halides is 3. The van der Waals surface area contributed by atoms with E-state index in [0.29, 0.717) is 24.5 Å². The van der Waals surface area contributed by atoms with E-state index >= 15 is 0 Å². The number of carbonyl (C=O) groups is 1. The van der Waals surface area contributed by atoms with Gasteiger partial charge in [0.1, 0.15) is 5.82 Å². The van der Waals surface area contributed by atoms with E-state index in [0.717, 1.165) is 23.9 Å². The number of halogens is 4. The molecule has 29 heavy (non-hydrogen) atoms. The summed E-state index contributed by atoms with van der Waals surface area (Å²) in [6, 6.07) is 8.94. The highest BCUT2D eigenvalue weighted by molar-refractivity contribution is 6.02. The van der Waals surface area contributed by atoms with E-state index in [2.05, 4.69) is 15.3 Å². The molecule has 3 aromatic rings. The second kappa shape index (κ2) is 7.16. The molecule has 0 saturated carbocycles. The zero-order valence-corrected chi connectivity index (χ0v) is 14.9. The van der Waals surface area contributed by atoms with Gasteiger partial charge < -0.3 is 5.32 Å². The number of pyridine rings is 2. The third-order valence-electron chi connectivity index (χ3n) is 4.56. The Bertz CT molecular complexity index is 1080. The SMILES string of the molecule is O=C(Nc1ccncc1F)N1CCc2ccc(-c3cccc(C(F)(F)F)c3)nc21. The summed E-state index contributed by atoms with van der Waals surface area (Å²) in [4.78, 5) is 22.0. The predicted octanol–water partition coefficient (Wildman–Crippen LogP) is 4.90. The highest BCUT2D eigenvalue weighted by Crippen LogP contribution is 2.34. The van der Waals surface area contributed by atoms with Crippen LogP contribution < -0.4 is 10.2 Å². The summed E-state index contributed by atoms with van der Waals surface area (Å²) < 4.78 is 52.7. The first-order valence-electron chi connectivity index (χ1n) is 8.68. The van der Waals surface area contributed by atoms with Gasteiger partial charge in [0.05, 0.1) is 23.1 Å². The molecule has 0 radical (unpaired) electrons. The van der Waals surface area contributed by atoms with Crippen molar-refractivity contribution in [1.82, 2.24) is 9.97 Å². The van der Waals surface area contributed by atoms with Gasteiger partial charge in [-0.25, -0.2) is 14.2 Å². The van der Waals surface area contributed by atoms with Gasteiger partial charge in [0.15, 0.2) is 5.82 Å². The van der Waals surface area contributed by atoms with E-state index in [1.54, 1.807) is 12.1 Å². The summed E-state index contributed by atoms with van der Waals surface area (Å²) in [5.74, 6) is -0.335. The highest BCUT2D eigenvalue weighted by atomic mass is 19.4. The van der Waals surface area contributed by atoms with Crippen molar-refractivity contribution in [2.24, 2.45) is 0 Å². The number of carbonyl (C=O) groups excluding carboxylic acids is 1. The first-order valence-corrected chi connectivity index (χ1v) is 8.68. The summed E-state index contributed by atoms with van der Waals surface area (Å²) in [5, 5.41) is 2.46. The van der Waals surface area contributed by atoms with Crippen LogP contribution in [0, 0.1) is 5.82 Å². The number of benzene rings is 1. The summed E-state index contributed by atoms with van der Waals surface area (Å²) in [6.07, 6.45) is -1.59. The fourth-order valence-electron chi connectivity index (χ4n) is 3.12. The van der Waals surface area contributed by atoms with Gasteiger partial charge in [-0.2, -0.15) is 13.2 Å². The monoisotopic (exact) mass is 402 g/mol. The van der Waals surface area contributed by atoms with Crippen molar-refractivity contribution in [1.29, 1.82) is 0 Å². The zero-order chi connectivity index (χ0) is 20.6. The average molecular weight is 402 g/mol. The van der Waals surface area contributed by atoms with Crippen LogP contribution >= 0.6 is 0 Å². The van der Waals surface area contributed by atoms with Crippen LogP contribution in [0.2, 0.25) is 0 Å². The Hall–Kier alpha value is -3.49. The Balaban J connectivity index is 1.64. The van der Waals surface area contributed by atoms with Gasteiger partial charge >= 0.3 is 12.2 Å². The molecule has 9 heteroatoms. The number of fused-ring (bicyclic) bond motifs is 1. The standard InChI is InChI=1S/C20H14F4N4O/c21-15-11-25-8-6-17(15)27-19(29)28-9-7-12-4-5-16(26-18(12)28)13-2-1-3-14(10-13)20(22,23)24/h1-6,8,10-11H,7,9H2,(H,25,27,29). The van der Waals surface area contributed by atoms with Crippen molar-refractivity contribution in [3.05, 3.63) is 71.8 Å². The molecule has 0 fully saturated rings. The van der Waals surface area contributed by atoms with Gasteiger partial charge in [-0.05, 0) is 36.2 Å². The molecule has 0 bridgehead atoms. The molecule has 1 aliphatic rings. The largest absolute Gasteiger partial charge is 0.416 e. The Morgan fingerprint density at radius 1 is 1.14 bits per heavy atom. The molecule has 148 valence electrons. The van der Waals surface area contributed by atoms with Gasteiger partial charge in [-0.15, -0.1) is 0 Å². The number of hydrogen-bond donors (Lipinski definition) is 1. The van der Waals surface area contributed by atoms with E-state index in [1.807, 2.05) is 0 Å². The van der Waals surface area contributed by atoms with Gasteiger partial charge in [0.25, 0.3) is 0 Å². The Morgan fingerprint density at radius 2 is 1.97 bits per heavy atom. The average Bonchev–Trinajstić information content (AvgIpc) is 3.12. The highest BCUT2D eigenvalue weighted by Gasteiger charge is 2.31. The van der Waals surface area contributed by atoms with Crippen LogP contribution in [0.25, 0.3) is 11.3 Å². The van der Waals surface area contributed by atoms with Gasteiger partial charge in [0, 0.05) is 18.3 Å². The number of amides is 2. The number of nitrogens with zero attached hydrogens (tertiary/aromatic N) is 3. The van der Waals surface area contributed by atoms with Gasteiger partial charge in [0.2, 0.25) is 0 Å². The van der Waals surface area contributed by atoms with Crippen molar-refractivity contribution >= 4 is 17.5 Å². The summed E-state index contributed by atoms with van der Waals surface area (Å²) in [5.41, 5.74) is 0.582. The molecule has 5 nitrogen and oxygen atoms in total. The topological polar surface area (TPSA) is 58.1 Å². The van der Waals surface area contributed by atoms with Crippen molar-refractivity contribution in [3.63, 3.8) is 0 Å². The maximum atomic E-state index is 13.7. The summed E-state index contributed by atoms with van der Waals surface area (Å²) in [6.45, 7) is 0.326. The van der Waals surface area contributed by atoms with Crippen LogP contribution in [0.5, 0.6) is 0 Å². The molecule has 0 unspecified atom stereocenters. The number of hydrogen-bond acceptors (Lipinski definition) is 3. The van der Waals surface area contributed by atoms with Gasteiger partial charge in [-0.3, -0.25) is 9.88 Å². The van der Waals surface area contributed by atoms with Crippen molar-refractivity contribution in [3.8, 4) is 11.3 Å². The van der Waals surface area contributed by atoms with E-state index in [-0.39, 0.29) is 11.3 Å². The first-order chi connectivity index (χ1) is 13.8. The van der Waals surface area contributed by atoms with Crippen LogP contribution in [-0.2, 0) is 12.6 Å². The van der Waals surface area contributed by atoms with Crippen LogP contribution in [0.15, 0.2) is 54.9 Å². The maximum Gasteiger partial charge on any atom is 0.416 e. The molecule has 0 aliphatic carbocycles. The summed E-state index contributed by atoms with van der Waals surface area (Å²) in [7, 11) is 0. The third kappa shape index (κ3) is 3.75. The number of aromatic nitrogens is 2. The second-order valence-electron chi connectivity index (χ2n) is 6.45. The van der Waals surface area contributed by atoms with Crippen LogP contribution in [0.1, 0.15) is 11.1 Å². The van der Waals surface area contributed by atoms with Crippen molar-refractivity contribution < 1.29 is 22.4 Å². The fourth-order valence-corrected chi connectivity index (χ4v) is 3.12. The number of nitrogens with one attached hydrogen (secondary N) is 1. The van der Waals surface area contributed by atoms with E-state index in [4.69, 9.17) is 0 Å². The first kappa shape index (κ1) is 18.9. The van der Waals surface area contributed by atoms with Crippen molar-refractivity contribution in [2.45, 2.75) is 12.6 Å². The molecule has 3 heterocycles. The molecule has 4 rings (SSSR count). The lowest BCUT2D eigenvalue weighted by atomic mass is 10.1. The Labute approximate surface area is 163 Å². The molecule has 0 atom stereocenters. The molecule has 0 spiro atoms. The number of rotatable bonds is 2. The predicted molar refractivity (Wildman–Crippen MR) is 98.9 cm³/mol. The second-order valence-corrected chi connectivity index (χ2v) is 6.45. The molecule has 0 saturated heterocycles. The minimum atomic E-state index is -4.47. The van der Waals surface area contributed by atoms with Crippen LogP contribution in [0.3, 0.4) is 0 Å².